The zero-order valence-corrected chi connectivity index (χ0v) is 17.3. The van der Waals surface area contributed by atoms with Gasteiger partial charge in [-0.1, -0.05) is 28.4 Å². The van der Waals surface area contributed by atoms with E-state index < -0.39 is 0 Å². The van der Waals surface area contributed by atoms with Crippen molar-refractivity contribution in [2.75, 3.05) is 6.61 Å². The molecule has 0 heterocycles. The average Bonchev–Trinajstić information content (AvgIpc) is 2.61. The first-order chi connectivity index (χ1) is 12.7. The number of nitrogens with zero attached hydrogens (tertiary/aromatic N) is 1. The van der Waals surface area contributed by atoms with Crippen molar-refractivity contribution in [1.82, 2.24) is 0 Å². The molecule has 0 radical (unpaired) electrons. The van der Waals surface area contributed by atoms with E-state index in [1.54, 1.807) is 6.08 Å². The fourth-order valence-corrected chi connectivity index (χ4v) is 2.09. The van der Waals surface area contributed by atoms with E-state index in [-0.39, 0.29) is 10.1 Å². The van der Waals surface area contributed by atoms with Crippen molar-refractivity contribution in [3.05, 3.63) is 64.7 Å². The maximum absolute atomic E-state index is 5.84. The van der Waals surface area contributed by atoms with Crippen LogP contribution in [0.4, 0.5) is 0 Å². The van der Waals surface area contributed by atoms with Gasteiger partial charge >= 0.3 is 0 Å². The van der Waals surface area contributed by atoms with Gasteiger partial charge < -0.3 is 14.3 Å². The zero-order chi connectivity index (χ0) is 19.9. The van der Waals surface area contributed by atoms with Gasteiger partial charge in [-0.25, -0.2) is 0 Å². The van der Waals surface area contributed by atoms with Crippen LogP contribution in [0.3, 0.4) is 0 Å². The highest BCUT2D eigenvalue weighted by atomic mass is 35.5. The van der Waals surface area contributed by atoms with Gasteiger partial charge in [0, 0.05) is 0 Å². The van der Waals surface area contributed by atoms with Crippen LogP contribution >= 0.6 is 23.2 Å². The summed E-state index contributed by atoms with van der Waals surface area (Å²) in [5, 5.41) is 4.17. The van der Waals surface area contributed by atoms with Crippen molar-refractivity contribution in [2.24, 2.45) is 5.16 Å². The maximum atomic E-state index is 5.84. The Morgan fingerprint density at radius 1 is 0.926 bits per heavy atom. The van der Waals surface area contributed by atoms with E-state index in [0.29, 0.717) is 18.1 Å². The molecule has 0 aromatic heterocycles. The Morgan fingerprint density at radius 3 is 1.96 bits per heavy atom. The Balaban J connectivity index is 1.95. The molecule has 0 unspecified atom stereocenters. The number of halogens is 2. The molecule has 0 aliphatic carbocycles. The van der Waals surface area contributed by atoms with Gasteiger partial charge in [0.05, 0.1) is 5.71 Å². The molecule has 0 saturated heterocycles. The normalized spacial score (nSPS) is 11.7. The van der Waals surface area contributed by atoms with Gasteiger partial charge in [-0.2, -0.15) is 0 Å². The topological polar surface area (TPSA) is 40.0 Å². The lowest BCUT2D eigenvalue weighted by Crippen LogP contribution is -2.16. The molecule has 144 valence electrons. The van der Waals surface area contributed by atoms with Crippen molar-refractivity contribution in [2.45, 2.75) is 33.3 Å². The molecule has 2 rings (SSSR count). The molecule has 0 amide bonds. The van der Waals surface area contributed by atoms with Crippen molar-refractivity contribution < 1.29 is 14.3 Å². The Kier molecular flexibility index (Phi) is 7.57. The molecule has 0 bridgehead atoms. The first-order valence-corrected chi connectivity index (χ1v) is 9.23. The van der Waals surface area contributed by atoms with Crippen LogP contribution in [0.2, 0.25) is 0 Å². The molecular weight excluding hydrogens is 385 g/mol. The van der Waals surface area contributed by atoms with Crippen LogP contribution in [0.1, 0.15) is 33.3 Å². The third-order valence-corrected chi connectivity index (χ3v) is 3.58. The SMILES string of the molecule is CC(=NOC(C)(C)C)c1ccc(Oc2ccc(OCC=C(Cl)Cl)cc2)cc1. The second-order valence-electron chi connectivity index (χ2n) is 6.78. The molecule has 0 saturated carbocycles. The molecule has 0 N–H and O–H groups in total. The van der Waals surface area contributed by atoms with Gasteiger partial charge in [-0.05, 0) is 87.9 Å². The molecule has 2 aromatic rings. The summed E-state index contributed by atoms with van der Waals surface area (Å²) < 4.78 is 11.5. The molecular formula is C21H23Cl2NO3. The van der Waals surface area contributed by atoms with Gasteiger partial charge in [-0.3, -0.25) is 0 Å². The predicted molar refractivity (Wildman–Crippen MR) is 111 cm³/mol. The Bertz CT molecular complexity index is 788. The summed E-state index contributed by atoms with van der Waals surface area (Å²) in [7, 11) is 0. The number of benzene rings is 2. The third-order valence-electron chi connectivity index (χ3n) is 3.28. The summed E-state index contributed by atoms with van der Waals surface area (Å²) in [5.74, 6) is 2.14. The largest absolute Gasteiger partial charge is 0.489 e. The molecule has 0 fully saturated rings. The number of hydrogen-bond acceptors (Lipinski definition) is 4. The first kappa shape index (κ1) is 21.1. The number of oxime groups is 1. The van der Waals surface area contributed by atoms with E-state index in [0.717, 1.165) is 17.0 Å². The van der Waals surface area contributed by atoms with Gasteiger partial charge in [-0.15, -0.1) is 0 Å². The zero-order valence-electron chi connectivity index (χ0n) is 15.8. The lowest BCUT2D eigenvalue weighted by Gasteiger charge is -2.16. The van der Waals surface area contributed by atoms with E-state index in [1.165, 1.54) is 0 Å². The van der Waals surface area contributed by atoms with Crippen LogP contribution in [-0.4, -0.2) is 17.9 Å². The highest BCUT2D eigenvalue weighted by molar-refractivity contribution is 6.55. The predicted octanol–water partition coefficient (Wildman–Crippen LogP) is 6.72. The molecule has 0 aliphatic rings. The lowest BCUT2D eigenvalue weighted by atomic mass is 10.1. The standard InChI is InChI=1S/C21H23Cl2NO3/c1-15(24-27-21(2,3)4)16-5-7-18(8-6-16)26-19-11-9-17(10-12-19)25-14-13-20(22)23/h5-13H,14H2,1-4H3. The molecule has 0 aliphatic heterocycles. The summed E-state index contributed by atoms with van der Waals surface area (Å²) in [6.45, 7) is 8.10. The highest BCUT2D eigenvalue weighted by Crippen LogP contribution is 2.24. The van der Waals surface area contributed by atoms with Crippen LogP contribution in [0, 0.1) is 0 Å². The van der Waals surface area contributed by atoms with Gasteiger partial charge in [0.25, 0.3) is 0 Å². The third kappa shape index (κ3) is 7.94. The second kappa shape index (κ2) is 9.67. The molecule has 2 aromatic carbocycles. The number of ether oxygens (including phenoxy) is 2. The monoisotopic (exact) mass is 407 g/mol. The van der Waals surface area contributed by atoms with Crippen molar-refractivity contribution in [3.8, 4) is 17.2 Å². The summed E-state index contributed by atoms with van der Waals surface area (Å²) in [4.78, 5) is 5.45. The fraction of sp³-hybridized carbons (Fsp3) is 0.286. The Hall–Kier alpha value is -2.17. The molecule has 0 atom stereocenters. The average molecular weight is 408 g/mol. The van der Waals surface area contributed by atoms with Crippen LogP contribution in [-0.2, 0) is 4.84 Å². The molecule has 0 spiro atoms. The molecule has 4 nitrogen and oxygen atoms in total. The van der Waals surface area contributed by atoms with Crippen molar-refractivity contribution >= 4 is 28.9 Å². The lowest BCUT2D eigenvalue weighted by molar-refractivity contribution is 0.000954. The van der Waals surface area contributed by atoms with Crippen LogP contribution in [0.15, 0.2) is 64.3 Å². The molecule has 6 heteroatoms. The number of hydrogen-bond donors (Lipinski definition) is 0. The van der Waals surface area contributed by atoms with E-state index in [9.17, 15) is 0 Å². The van der Waals surface area contributed by atoms with Crippen molar-refractivity contribution in [3.63, 3.8) is 0 Å². The summed E-state index contributed by atoms with van der Waals surface area (Å²) >= 11 is 11.1. The van der Waals surface area contributed by atoms with E-state index >= 15 is 0 Å². The number of rotatable bonds is 7. The van der Waals surface area contributed by atoms with E-state index in [2.05, 4.69) is 5.16 Å². The van der Waals surface area contributed by atoms with Gasteiger partial charge in [0.15, 0.2) is 0 Å². The van der Waals surface area contributed by atoms with Crippen molar-refractivity contribution in [1.29, 1.82) is 0 Å². The smallest absolute Gasteiger partial charge is 0.129 e. The van der Waals surface area contributed by atoms with Gasteiger partial charge in [0.1, 0.15) is 33.9 Å². The minimum absolute atomic E-state index is 0.184. The van der Waals surface area contributed by atoms with Crippen LogP contribution in [0.5, 0.6) is 17.2 Å². The summed E-state index contributed by atoms with van der Waals surface area (Å²) in [6, 6.07) is 15.0. The minimum Gasteiger partial charge on any atom is -0.489 e. The molecule has 27 heavy (non-hydrogen) atoms. The summed E-state index contributed by atoms with van der Waals surface area (Å²) in [5.41, 5.74) is 1.47. The Morgan fingerprint density at radius 2 is 1.44 bits per heavy atom. The maximum Gasteiger partial charge on any atom is 0.129 e. The highest BCUT2D eigenvalue weighted by Gasteiger charge is 2.10. The van der Waals surface area contributed by atoms with E-state index in [4.69, 9.17) is 37.5 Å². The van der Waals surface area contributed by atoms with Crippen LogP contribution in [0.25, 0.3) is 0 Å². The first-order valence-electron chi connectivity index (χ1n) is 8.48. The minimum atomic E-state index is -0.313. The fourth-order valence-electron chi connectivity index (χ4n) is 1.96. The van der Waals surface area contributed by atoms with Crippen LogP contribution < -0.4 is 9.47 Å². The Labute approximate surface area is 170 Å². The quantitative estimate of drug-likeness (QED) is 0.377. The van der Waals surface area contributed by atoms with Gasteiger partial charge in [0.2, 0.25) is 0 Å². The van der Waals surface area contributed by atoms with E-state index in [1.807, 2.05) is 76.2 Å². The second-order valence-corrected chi connectivity index (χ2v) is 7.79. The summed E-state index contributed by atoms with van der Waals surface area (Å²) in [6.07, 6.45) is 1.58.